The lowest BCUT2D eigenvalue weighted by Crippen LogP contribution is -2.46. The van der Waals surface area contributed by atoms with Crippen molar-refractivity contribution in [3.8, 4) is 5.69 Å². The average molecular weight is 418 g/mol. The molecule has 1 saturated carbocycles. The SMILES string of the molecule is CN1CCN(CCNCc2cn(-c3ccc(F)cc3F)nc2C2CCCCC2)CC1. The van der Waals surface area contributed by atoms with E-state index in [1.807, 2.05) is 6.20 Å². The molecule has 1 N–H and O–H groups in total. The standard InChI is InChI=1S/C23H33F2N5/c1-28-11-13-29(14-12-28)10-9-26-16-19-17-30(22-8-7-20(24)15-21(22)25)27-23(19)18-5-3-2-4-6-18/h7-8,15,17-18,26H,2-6,9-14,16H2,1H3. The lowest BCUT2D eigenvalue weighted by atomic mass is 9.85. The van der Waals surface area contributed by atoms with Gasteiger partial charge in [-0.1, -0.05) is 19.3 Å². The van der Waals surface area contributed by atoms with Crippen molar-refractivity contribution >= 4 is 0 Å². The summed E-state index contributed by atoms with van der Waals surface area (Å²) in [7, 11) is 2.17. The summed E-state index contributed by atoms with van der Waals surface area (Å²) in [6, 6.07) is 3.67. The molecule has 7 heteroatoms. The summed E-state index contributed by atoms with van der Waals surface area (Å²) in [5.41, 5.74) is 2.51. The van der Waals surface area contributed by atoms with Gasteiger partial charge in [0.25, 0.3) is 0 Å². The maximum Gasteiger partial charge on any atom is 0.151 e. The monoisotopic (exact) mass is 417 g/mol. The van der Waals surface area contributed by atoms with Crippen molar-refractivity contribution < 1.29 is 8.78 Å². The van der Waals surface area contributed by atoms with Gasteiger partial charge in [0, 0.05) is 69.6 Å². The molecule has 0 amide bonds. The van der Waals surface area contributed by atoms with Crippen LogP contribution in [0.25, 0.3) is 5.69 Å². The van der Waals surface area contributed by atoms with Crippen LogP contribution >= 0.6 is 0 Å². The van der Waals surface area contributed by atoms with Crippen LogP contribution in [0.4, 0.5) is 8.78 Å². The Hall–Kier alpha value is -1.83. The molecule has 30 heavy (non-hydrogen) atoms. The van der Waals surface area contributed by atoms with Gasteiger partial charge in [-0.25, -0.2) is 13.5 Å². The maximum absolute atomic E-state index is 14.3. The molecular weight excluding hydrogens is 384 g/mol. The molecule has 2 heterocycles. The van der Waals surface area contributed by atoms with Crippen LogP contribution < -0.4 is 5.32 Å². The highest BCUT2D eigenvalue weighted by Gasteiger charge is 2.23. The number of aromatic nitrogens is 2. The number of hydrogen-bond donors (Lipinski definition) is 1. The zero-order valence-electron chi connectivity index (χ0n) is 17.9. The molecule has 5 nitrogen and oxygen atoms in total. The first-order valence-electron chi connectivity index (χ1n) is 11.3. The Labute approximate surface area is 178 Å². The van der Waals surface area contributed by atoms with Gasteiger partial charge in [-0.05, 0) is 32.0 Å². The van der Waals surface area contributed by atoms with Crippen LogP contribution in [0.5, 0.6) is 0 Å². The van der Waals surface area contributed by atoms with Crippen molar-refractivity contribution in [1.29, 1.82) is 0 Å². The minimum absolute atomic E-state index is 0.303. The average Bonchev–Trinajstić information content (AvgIpc) is 3.17. The fourth-order valence-corrected chi connectivity index (χ4v) is 4.60. The summed E-state index contributed by atoms with van der Waals surface area (Å²) in [5, 5.41) is 8.34. The van der Waals surface area contributed by atoms with Crippen LogP contribution in [0.1, 0.15) is 49.3 Å². The third-order valence-corrected chi connectivity index (χ3v) is 6.49. The van der Waals surface area contributed by atoms with E-state index in [-0.39, 0.29) is 0 Å². The Balaban J connectivity index is 1.44. The van der Waals surface area contributed by atoms with Gasteiger partial charge >= 0.3 is 0 Å². The molecule has 164 valence electrons. The smallest absolute Gasteiger partial charge is 0.151 e. The van der Waals surface area contributed by atoms with Crippen LogP contribution in [0, 0.1) is 11.6 Å². The highest BCUT2D eigenvalue weighted by atomic mass is 19.1. The first-order chi connectivity index (χ1) is 14.6. The Morgan fingerprint density at radius 2 is 1.83 bits per heavy atom. The molecule has 0 spiro atoms. The van der Waals surface area contributed by atoms with Crippen molar-refractivity contribution in [2.45, 2.75) is 44.6 Å². The van der Waals surface area contributed by atoms with Gasteiger partial charge in [-0.15, -0.1) is 0 Å². The number of piperazine rings is 1. The van der Waals surface area contributed by atoms with Crippen molar-refractivity contribution in [1.82, 2.24) is 24.9 Å². The van der Waals surface area contributed by atoms with E-state index < -0.39 is 11.6 Å². The predicted molar refractivity (Wildman–Crippen MR) is 115 cm³/mol. The van der Waals surface area contributed by atoms with Crippen LogP contribution in [-0.4, -0.2) is 65.9 Å². The number of benzene rings is 1. The second kappa shape index (κ2) is 9.98. The molecular formula is C23H33F2N5. The van der Waals surface area contributed by atoms with E-state index >= 15 is 0 Å². The fraction of sp³-hybridized carbons (Fsp3) is 0.609. The van der Waals surface area contributed by atoms with Gasteiger partial charge < -0.3 is 10.2 Å². The van der Waals surface area contributed by atoms with E-state index in [1.165, 1.54) is 31.4 Å². The summed E-state index contributed by atoms with van der Waals surface area (Å²) in [6.45, 7) is 7.17. The van der Waals surface area contributed by atoms with Crippen LogP contribution in [0.2, 0.25) is 0 Å². The van der Waals surface area contributed by atoms with Crippen molar-refractivity contribution in [3.63, 3.8) is 0 Å². The molecule has 1 aromatic heterocycles. The normalized spacial score (nSPS) is 19.4. The Bertz CT molecular complexity index is 823. The van der Waals surface area contributed by atoms with Crippen LogP contribution in [0.15, 0.2) is 24.4 Å². The molecule has 0 unspecified atom stereocenters. The van der Waals surface area contributed by atoms with E-state index in [1.54, 1.807) is 4.68 Å². The van der Waals surface area contributed by atoms with Gasteiger partial charge in [0.1, 0.15) is 11.5 Å². The molecule has 0 atom stereocenters. The fourth-order valence-electron chi connectivity index (χ4n) is 4.60. The lowest BCUT2D eigenvalue weighted by Gasteiger charge is -2.32. The summed E-state index contributed by atoms with van der Waals surface area (Å²) in [6.07, 6.45) is 7.91. The molecule has 2 aromatic rings. The molecule has 1 aliphatic carbocycles. The molecule has 1 aliphatic heterocycles. The lowest BCUT2D eigenvalue weighted by molar-refractivity contribution is 0.154. The molecule has 1 saturated heterocycles. The van der Waals surface area contributed by atoms with E-state index in [4.69, 9.17) is 5.10 Å². The Morgan fingerprint density at radius 3 is 2.57 bits per heavy atom. The molecule has 2 fully saturated rings. The third kappa shape index (κ3) is 5.25. The number of nitrogens with zero attached hydrogens (tertiary/aromatic N) is 4. The van der Waals surface area contributed by atoms with Gasteiger partial charge in [-0.2, -0.15) is 5.10 Å². The second-order valence-electron chi connectivity index (χ2n) is 8.74. The Morgan fingerprint density at radius 1 is 1.07 bits per heavy atom. The molecule has 1 aromatic carbocycles. The summed E-state index contributed by atoms with van der Waals surface area (Å²) < 4.78 is 29.3. The third-order valence-electron chi connectivity index (χ3n) is 6.49. The summed E-state index contributed by atoms with van der Waals surface area (Å²) >= 11 is 0. The van der Waals surface area contributed by atoms with Crippen molar-refractivity contribution in [2.24, 2.45) is 0 Å². The highest BCUT2D eigenvalue weighted by Crippen LogP contribution is 2.34. The van der Waals surface area contributed by atoms with Gasteiger partial charge in [0.15, 0.2) is 5.82 Å². The number of halogens is 2. The number of nitrogens with one attached hydrogen (secondary N) is 1. The molecule has 4 rings (SSSR count). The largest absolute Gasteiger partial charge is 0.311 e. The van der Waals surface area contributed by atoms with E-state index in [2.05, 4.69) is 22.2 Å². The van der Waals surface area contributed by atoms with Crippen molar-refractivity contribution in [3.05, 3.63) is 47.3 Å². The summed E-state index contributed by atoms with van der Waals surface area (Å²) in [4.78, 5) is 4.86. The molecule has 0 radical (unpaired) electrons. The van der Waals surface area contributed by atoms with E-state index in [9.17, 15) is 8.78 Å². The van der Waals surface area contributed by atoms with E-state index in [0.717, 1.165) is 76.0 Å². The highest BCUT2D eigenvalue weighted by molar-refractivity contribution is 5.35. The van der Waals surface area contributed by atoms with Gasteiger partial charge in [0.05, 0.1) is 5.69 Å². The summed E-state index contributed by atoms with van der Waals surface area (Å²) in [5.74, 6) is -0.720. The Kier molecular flexibility index (Phi) is 7.12. The van der Waals surface area contributed by atoms with Crippen LogP contribution in [0.3, 0.4) is 0 Å². The van der Waals surface area contributed by atoms with Gasteiger partial charge in [-0.3, -0.25) is 4.90 Å². The first kappa shape index (κ1) is 21.4. The minimum atomic E-state index is -0.581. The minimum Gasteiger partial charge on any atom is -0.311 e. The number of likely N-dealkylation sites (N-methyl/N-ethyl adjacent to an activating group) is 1. The zero-order valence-corrected chi connectivity index (χ0v) is 17.9. The van der Waals surface area contributed by atoms with Crippen LogP contribution in [-0.2, 0) is 6.54 Å². The first-order valence-corrected chi connectivity index (χ1v) is 11.3. The van der Waals surface area contributed by atoms with E-state index in [0.29, 0.717) is 11.6 Å². The predicted octanol–water partition coefficient (Wildman–Crippen LogP) is 3.54. The number of rotatable bonds is 7. The molecule has 2 aliphatic rings. The molecule has 0 bridgehead atoms. The zero-order chi connectivity index (χ0) is 20.9. The van der Waals surface area contributed by atoms with Gasteiger partial charge in [0.2, 0.25) is 0 Å². The quantitative estimate of drug-likeness (QED) is 0.700. The maximum atomic E-state index is 14.3. The van der Waals surface area contributed by atoms with Crippen molar-refractivity contribution in [2.75, 3.05) is 46.3 Å². The topological polar surface area (TPSA) is 36.3 Å². The number of hydrogen-bond acceptors (Lipinski definition) is 4. The second-order valence-corrected chi connectivity index (χ2v) is 8.74.